The first kappa shape index (κ1) is 63.2. The molecule has 0 amide bonds. The van der Waals surface area contributed by atoms with E-state index >= 15 is 0 Å². The number of halogens is 1. The predicted molar refractivity (Wildman–Crippen MR) is 222 cm³/mol. The molecule has 4 aliphatic rings. The molecule has 1 N–H and O–H groups in total. The van der Waals surface area contributed by atoms with Crippen molar-refractivity contribution in [3.8, 4) is 0 Å². The van der Waals surface area contributed by atoms with Crippen molar-refractivity contribution in [2.45, 2.75) is 142 Å². The second-order valence-electron chi connectivity index (χ2n) is 13.2. The summed E-state index contributed by atoms with van der Waals surface area (Å²) in [5.41, 5.74) is 0. The summed E-state index contributed by atoms with van der Waals surface area (Å²) in [6.07, 6.45) is -4.06. The van der Waals surface area contributed by atoms with Gasteiger partial charge in [-0.15, -0.1) is 0 Å². The molecule has 0 aromatic rings. The Morgan fingerprint density at radius 1 is 0.672 bits per heavy atom. The quantitative estimate of drug-likeness (QED) is 0.130. The molecule has 8 radical (unpaired) electrons. The number of esters is 2. The molecule has 0 spiro atoms. The van der Waals surface area contributed by atoms with Crippen molar-refractivity contribution in [3.05, 3.63) is 0 Å². The van der Waals surface area contributed by atoms with E-state index in [0.717, 1.165) is 0 Å². The van der Waals surface area contributed by atoms with E-state index in [0.29, 0.717) is 12.8 Å². The molecule has 0 aliphatic carbocycles. The second kappa shape index (κ2) is 28.7. The number of phosphoric acid groups is 2. The van der Waals surface area contributed by atoms with Crippen molar-refractivity contribution < 1.29 is 84.1 Å². The zero-order valence-corrected chi connectivity index (χ0v) is 42.4. The maximum absolute atomic E-state index is 12.9. The summed E-state index contributed by atoms with van der Waals surface area (Å²) in [7, 11) is 17.8. The van der Waals surface area contributed by atoms with Gasteiger partial charge in [0, 0.05) is 76.3 Å². The van der Waals surface area contributed by atoms with E-state index in [-0.39, 0.29) is 116 Å². The van der Waals surface area contributed by atoms with Gasteiger partial charge in [-0.3, -0.25) is 41.4 Å². The molecule has 58 heavy (non-hydrogen) atoms. The van der Waals surface area contributed by atoms with E-state index in [2.05, 4.69) is 0 Å². The van der Waals surface area contributed by atoms with E-state index in [1.54, 1.807) is 13.8 Å². The van der Waals surface area contributed by atoms with Crippen LogP contribution >= 0.6 is 15.6 Å². The van der Waals surface area contributed by atoms with Crippen LogP contribution in [-0.4, -0.2) is 208 Å². The molecule has 0 aromatic carbocycles. The van der Waals surface area contributed by atoms with Crippen LogP contribution in [0.5, 0.6) is 0 Å². The van der Waals surface area contributed by atoms with Crippen molar-refractivity contribution in [1.82, 2.24) is 0 Å². The molecule has 17 atom stereocenters. The third-order valence-corrected chi connectivity index (χ3v) is 12.2. The van der Waals surface area contributed by atoms with Crippen molar-refractivity contribution in [1.29, 1.82) is 0 Å². The summed E-state index contributed by atoms with van der Waals surface area (Å²) in [6.45, 7) is 9.08. The Morgan fingerprint density at radius 2 is 1.07 bits per heavy atom. The molecule has 4 fully saturated rings. The Hall–Kier alpha value is 0.942. The fraction of sp³-hybridized carbons (Fsp3) is 0.938. The maximum atomic E-state index is 12.9. The minimum absolute atomic E-state index is 0. The summed E-state index contributed by atoms with van der Waals surface area (Å²) in [6, 6.07) is -2.45. The van der Waals surface area contributed by atoms with Gasteiger partial charge in [-0.2, -0.15) is 0 Å². The Kier molecular flexibility index (Phi) is 31.3. The van der Waals surface area contributed by atoms with Crippen LogP contribution in [0, 0.1) is 17.8 Å². The molecule has 4 aliphatic heterocycles. The first-order valence-electron chi connectivity index (χ1n) is 17.4. The summed E-state index contributed by atoms with van der Waals surface area (Å²) in [5, 5.41) is 9.41. The monoisotopic (exact) mass is 1260 g/mol. The molecule has 0 aromatic heterocycles. The minimum atomic E-state index is -4.02. The number of aliphatic hydroxyl groups excluding tert-OH is 1. The molecule has 0 saturated carbocycles. The third-order valence-electron chi connectivity index (χ3n) is 9.38. The fourth-order valence-electron chi connectivity index (χ4n) is 6.21. The average Bonchev–Trinajstić information content (AvgIpc) is 3.77. The SMILES string of the molecule is C.C.F.[B][C@@H]1O[C@H](CC)[C@@H](OP(=O)(OC)OC[C@H]2O[C@@H]([B])C[C@@H]2OC(C)=O)[C@H]1C.[B][C@@H]1O[C@H](COP(=O)(OC)O[C@H]2[C@@H](C)[C@H]([B])O[C@@H]2CO)[C@@H](OC(C)=O)[C@H]1C.[PoH2].[PoH2]. The van der Waals surface area contributed by atoms with Gasteiger partial charge in [0.15, 0.2) is 0 Å². The number of carbonyl (C=O) groups excluding carboxylic acids is 2. The summed E-state index contributed by atoms with van der Waals surface area (Å²) >= 11 is 0. The third kappa shape index (κ3) is 17.5. The molecule has 26 heteroatoms. The molecule has 4 rings (SSSR count). The number of hydrogen-bond acceptors (Lipinski definition) is 17. The molecule has 334 valence electrons. The van der Waals surface area contributed by atoms with Gasteiger partial charge in [0.2, 0.25) is 0 Å². The first-order valence-corrected chi connectivity index (χ1v) is 20.3. The molecular formula is C32H63B4FO17P2Po2. The molecule has 17 nitrogen and oxygen atoms in total. The summed E-state index contributed by atoms with van der Waals surface area (Å²) in [4.78, 5) is 22.5. The first-order chi connectivity index (χ1) is 24.8. The molecule has 0 bridgehead atoms. The number of rotatable bonds is 16. The standard InChI is InChI=1S/C15H25B2O9P.C15H25B2O8P.2CH4.FH.2Po.4H/c1-7-12(23-9(3)19)11(25-14(7)16)6-22-27(20,21-4)26-13-8(2)15(17)24-10(13)5-18;1-5-10-14(8(2)15(17)24-10)25-26(19,20-4)21-7-12-11(22-9(3)18)6-13(16)23-12;;;;;;;;;/h7-8,10-15,18H,5-6H2,1-4H3;8,10-15H,5-7H2,1-4H3;2*1H4;1H;;;;;;/t7-,8-,10-,11-,12+,13+,14-,15-,27?;8-,10-,11+,12-,13-,14+,15-,26?;;;;;;;;;/m11........./s1. The van der Waals surface area contributed by atoms with Crippen molar-refractivity contribution >= 4 is 112 Å². The topological polar surface area (TPSA) is 199 Å². The fourth-order valence-corrected chi connectivity index (χ4v) is 8.63. The van der Waals surface area contributed by atoms with Crippen LogP contribution < -0.4 is 0 Å². The Morgan fingerprint density at radius 3 is 1.48 bits per heavy atom. The number of ether oxygens (including phenoxy) is 6. The average molecular weight is 1260 g/mol. The van der Waals surface area contributed by atoms with E-state index in [1.807, 2.05) is 13.8 Å². The molecular weight excluding hydrogens is 1200 g/mol. The van der Waals surface area contributed by atoms with E-state index in [1.165, 1.54) is 28.1 Å². The molecule has 4 heterocycles. The van der Waals surface area contributed by atoms with Crippen molar-refractivity contribution in [3.63, 3.8) is 0 Å². The zero-order valence-electron chi connectivity index (χ0n) is 32.8. The van der Waals surface area contributed by atoms with E-state index in [9.17, 15) is 23.8 Å². The number of aliphatic hydroxyl groups is 1. The molecule has 2 unspecified atom stereocenters. The van der Waals surface area contributed by atoms with Crippen LogP contribution in [0.25, 0.3) is 0 Å². The van der Waals surface area contributed by atoms with Gasteiger partial charge in [-0.25, -0.2) is 9.13 Å². The van der Waals surface area contributed by atoms with Gasteiger partial charge in [-0.05, 0) is 6.42 Å². The van der Waals surface area contributed by atoms with Crippen molar-refractivity contribution in [2.75, 3.05) is 34.0 Å². The number of carbonyl (C=O) groups is 2. The van der Waals surface area contributed by atoms with Gasteiger partial charge < -0.3 is 33.5 Å². The number of hydrogen-bond donors (Lipinski definition) is 1. The Balaban J connectivity index is -0.000000961. The van der Waals surface area contributed by atoms with Gasteiger partial charge in [-0.1, -0.05) is 42.5 Å². The number of phosphoric ester groups is 2. The van der Waals surface area contributed by atoms with Crippen LogP contribution in [0.15, 0.2) is 0 Å². The van der Waals surface area contributed by atoms with Crippen molar-refractivity contribution in [2.24, 2.45) is 17.8 Å². The Labute approximate surface area is 387 Å². The van der Waals surface area contributed by atoms with E-state index in [4.69, 9.17) is 86.9 Å². The Bertz CT molecular complexity index is 1310. The second-order valence-corrected chi connectivity index (χ2v) is 16.7. The van der Waals surface area contributed by atoms with Crippen LogP contribution in [0.1, 0.15) is 69.2 Å². The van der Waals surface area contributed by atoms with Crippen LogP contribution in [0.4, 0.5) is 4.70 Å². The van der Waals surface area contributed by atoms with Crippen LogP contribution in [-0.2, 0) is 74.3 Å². The summed E-state index contributed by atoms with van der Waals surface area (Å²) < 4.78 is 90.0. The van der Waals surface area contributed by atoms with Crippen LogP contribution in [0.3, 0.4) is 0 Å². The van der Waals surface area contributed by atoms with Gasteiger partial charge >= 0.3 is 80.7 Å². The zero-order chi connectivity index (χ0) is 39.8. The summed E-state index contributed by atoms with van der Waals surface area (Å²) in [5.74, 6) is -1.75. The van der Waals surface area contributed by atoms with Gasteiger partial charge in [0.1, 0.15) is 68.0 Å². The van der Waals surface area contributed by atoms with Crippen LogP contribution in [0.2, 0.25) is 0 Å². The van der Waals surface area contributed by atoms with E-state index < -0.39 is 94.3 Å². The van der Waals surface area contributed by atoms with Gasteiger partial charge in [0.05, 0.1) is 32.0 Å². The molecule has 4 saturated heterocycles. The predicted octanol–water partition coefficient (Wildman–Crippen LogP) is 1.02. The normalized spacial score (nSPS) is 37.0. The van der Waals surface area contributed by atoms with Gasteiger partial charge in [0.25, 0.3) is 0 Å².